The average molecular weight is 445 g/mol. The van der Waals surface area contributed by atoms with Crippen LogP contribution in [0.15, 0.2) is 41.0 Å². The smallest absolute Gasteiger partial charge is 0.356 e. The summed E-state index contributed by atoms with van der Waals surface area (Å²) in [4.78, 5) is 43.9. The predicted octanol–water partition coefficient (Wildman–Crippen LogP) is 2.60. The van der Waals surface area contributed by atoms with Gasteiger partial charge in [-0.3, -0.25) is 14.5 Å². The molecule has 2 aromatic heterocycles. The van der Waals surface area contributed by atoms with Crippen LogP contribution >= 0.6 is 11.6 Å². The van der Waals surface area contributed by atoms with E-state index in [2.05, 4.69) is 10.3 Å². The van der Waals surface area contributed by atoms with Crippen LogP contribution in [0, 0.1) is 0 Å². The van der Waals surface area contributed by atoms with Crippen molar-refractivity contribution in [1.82, 2.24) is 14.8 Å². The number of fused-ring (bicyclic) bond motifs is 1. The number of nitrogens with one attached hydrogen (secondary N) is 2. The van der Waals surface area contributed by atoms with E-state index in [-0.39, 0.29) is 24.1 Å². The summed E-state index contributed by atoms with van der Waals surface area (Å²) in [6, 6.07) is 8.41. The molecule has 0 atom stereocenters. The number of furan rings is 1. The second-order valence-electron chi connectivity index (χ2n) is 7.15. The van der Waals surface area contributed by atoms with Crippen LogP contribution in [0.1, 0.15) is 21.0 Å². The Bertz CT molecular complexity index is 1120. The van der Waals surface area contributed by atoms with E-state index in [1.807, 2.05) is 4.90 Å². The van der Waals surface area contributed by atoms with E-state index in [1.165, 1.54) is 13.4 Å². The quantitative estimate of drug-likeness (QED) is 0.586. The van der Waals surface area contributed by atoms with Crippen molar-refractivity contribution in [3.63, 3.8) is 0 Å². The molecule has 0 aliphatic carbocycles. The number of piperazine rings is 1. The number of H-pyrrole nitrogens is 1. The molecule has 0 unspecified atom stereocenters. The van der Waals surface area contributed by atoms with Crippen molar-refractivity contribution in [2.45, 2.75) is 0 Å². The molecule has 10 heteroatoms. The minimum atomic E-state index is -0.590. The molecule has 3 heterocycles. The van der Waals surface area contributed by atoms with Gasteiger partial charge < -0.3 is 24.4 Å². The molecule has 1 fully saturated rings. The number of methoxy groups -OCH3 is 1. The van der Waals surface area contributed by atoms with Crippen LogP contribution in [0.25, 0.3) is 10.9 Å². The lowest BCUT2D eigenvalue weighted by Crippen LogP contribution is -2.50. The normalized spacial score (nSPS) is 14.6. The molecule has 162 valence electrons. The fourth-order valence-electron chi connectivity index (χ4n) is 3.60. The second kappa shape index (κ2) is 8.83. The van der Waals surface area contributed by atoms with Gasteiger partial charge in [0.15, 0.2) is 5.76 Å². The first-order chi connectivity index (χ1) is 15.0. The predicted molar refractivity (Wildman–Crippen MR) is 114 cm³/mol. The number of aromatic amines is 1. The van der Waals surface area contributed by atoms with Crippen molar-refractivity contribution in [2.24, 2.45) is 0 Å². The van der Waals surface area contributed by atoms with Gasteiger partial charge in [0.25, 0.3) is 5.91 Å². The number of anilines is 1. The average Bonchev–Trinajstić information content (AvgIpc) is 3.42. The molecular formula is C21H21ClN4O5. The second-order valence-corrected chi connectivity index (χ2v) is 7.59. The van der Waals surface area contributed by atoms with Crippen molar-refractivity contribution in [1.29, 1.82) is 0 Å². The fourth-order valence-corrected chi connectivity index (χ4v) is 3.77. The van der Waals surface area contributed by atoms with Crippen LogP contribution in [-0.2, 0) is 9.53 Å². The standard InChI is InChI=1S/C21H21ClN4O5/c1-30-21(29)19-18(14-11-13(22)4-5-15(14)23-19)24-17(27)12-25-6-8-26(9-7-25)20(28)16-3-2-10-31-16/h2-5,10-11,23H,6-9,12H2,1H3,(H,24,27). The van der Waals surface area contributed by atoms with E-state index in [9.17, 15) is 14.4 Å². The minimum absolute atomic E-state index is 0.122. The Balaban J connectivity index is 1.41. The number of amides is 2. The molecule has 1 saturated heterocycles. The topological polar surface area (TPSA) is 108 Å². The van der Waals surface area contributed by atoms with E-state index < -0.39 is 5.97 Å². The van der Waals surface area contributed by atoms with Gasteiger partial charge in [-0.1, -0.05) is 11.6 Å². The molecule has 3 aromatic rings. The maximum Gasteiger partial charge on any atom is 0.356 e. The van der Waals surface area contributed by atoms with Crippen LogP contribution in [0.5, 0.6) is 0 Å². The van der Waals surface area contributed by atoms with Crippen molar-refractivity contribution in [3.8, 4) is 0 Å². The van der Waals surface area contributed by atoms with Crippen LogP contribution in [-0.4, -0.2) is 72.4 Å². The van der Waals surface area contributed by atoms with Crippen molar-refractivity contribution in [2.75, 3.05) is 45.2 Å². The van der Waals surface area contributed by atoms with Gasteiger partial charge in [0.05, 0.1) is 25.6 Å². The van der Waals surface area contributed by atoms with Gasteiger partial charge >= 0.3 is 5.97 Å². The Morgan fingerprint density at radius 2 is 1.97 bits per heavy atom. The largest absolute Gasteiger partial charge is 0.464 e. The van der Waals surface area contributed by atoms with Gasteiger partial charge in [0.1, 0.15) is 5.69 Å². The van der Waals surface area contributed by atoms with E-state index in [0.29, 0.717) is 53.6 Å². The molecule has 2 N–H and O–H groups in total. The monoisotopic (exact) mass is 444 g/mol. The van der Waals surface area contributed by atoms with Crippen LogP contribution < -0.4 is 5.32 Å². The first kappa shape index (κ1) is 21.0. The van der Waals surface area contributed by atoms with Gasteiger partial charge in [-0.25, -0.2) is 4.79 Å². The number of esters is 1. The number of hydrogen-bond acceptors (Lipinski definition) is 6. The molecule has 0 spiro atoms. The van der Waals surface area contributed by atoms with E-state index >= 15 is 0 Å². The van der Waals surface area contributed by atoms with E-state index in [4.69, 9.17) is 20.8 Å². The molecule has 1 aliphatic heterocycles. The number of hydrogen-bond donors (Lipinski definition) is 2. The fraction of sp³-hybridized carbons (Fsp3) is 0.286. The Hall–Kier alpha value is -3.30. The molecule has 1 aromatic carbocycles. The molecule has 0 bridgehead atoms. The molecule has 1 aliphatic rings. The lowest BCUT2D eigenvalue weighted by molar-refractivity contribution is -0.117. The molecule has 31 heavy (non-hydrogen) atoms. The maximum absolute atomic E-state index is 12.7. The summed E-state index contributed by atoms with van der Waals surface area (Å²) < 4.78 is 9.99. The first-order valence-corrected chi connectivity index (χ1v) is 10.1. The van der Waals surface area contributed by atoms with Crippen LogP contribution in [0.2, 0.25) is 5.02 Å². The SMILES string of the molecule is COC(=O)c1[nH]c2ccc(Cl)cc2c1NC(=O)CN1CCN(C(=O)c2ccco2)CC1. The number of carbonyl (C=O) groups is 3. The highest BCUT2D eigenvalue weighted by atomic mass is 35.5. The van der Waals surface area contributed by atoms with Gasteiger partial charge in [-0.2, -0.15) is 0 Å². The Morgan fingerprint density at radius 3 is 2.65 bits per heavy atom. The van der Waals surface area contributed by atoms with E-state index in [0.717, 1.165) is 0 Å². The molecule has 0 saturated carbocycles. The molecule has 9 nitrogen and oxygen atoms in total. The zero-order valence-electron chi connectivity index (χ0n) is 16.8. The molecule has 0 radical (unpaired) electrons. The van der Waals surface area contributed by atoms with E-state index in [1.54, 1.807) is 35.2 Å². The number of benzene rings is 1. The zero-order valence-corrected chi connectivity index (χ0v) is 17.6. The van der Waals surface area contributed by atoms with Gasteiger partial charge in [0.2, 0.25) is 5.91 Å². The van der Waals surface area contributed by atoms with Crippen LogP contribution in [0.4, 0.5) is 5.69 Å². The first-order valence-electron chi connectivity index (χ1n) is 9.71. The van der Waals surface area contributed by atoms with Crippen molar-refractivity contribution < 1.29 is 23.5 Å². The van der Waals surface area contributed by atoms with Gasteiger partial charge in [-0.15, -0.1) is 0 Å². The lowest BCUT2D eigenvalue weighted by Gasteiger charge is -2.33. The van der Waals surface area contributed by atoms with Gasteiger partial charge in [-0.05, 0) is 30.3 Å². The Morgan fingerprint density at radius 1 is 1.19 bits per heavy atom. The number of carbonyl (C=O) groups excluding carboxylic acids is 3. The minimum Gasteiger partial charge on any atom is -0.464 e. The number of rotatable bonds is 5. The summed E-state index contributed by atoms with van der Waals surface area (Å²) in [7, 11) is 1.27. The van der Waals surface area contributed by atoms with Crippen molar-refractivity contribution in [3.05, 3.63) is 53.1 Å². The Labute approximate surface area is 182 Å². The maximum atomic E-state index is 12.7. The lowest BCUT2D eigenvalue weighted by atomic mass is 10.2. The summed E-state index contributed by atoms with van der Waals surface area (Å²) >= 11 is 6.09. The third-order valence-electron chi connectivity index (χ3n) is 5.17. The summed E-state index contributed by atoms with van der Waals surface area (Å²) in [6.07, 6.45) is 1.47. The molecule has 2 amide bonds. The summed E-state index contributed by atoms with van der Waals surface area (Å²) in [5.41, 5.74) is 1.15. The summed E-state index contributed by atoms with van der Waals surface area (Å²) in [6.45, 7) is 2.19. The highest BCUT2D eigenvalue weighted by Crippen LogP contribution is 2.30. The third-order valence-corrected chi connectivity index (χ3v) is 5.41. The third kappa shape index (κ3) is 4.42. The summed E-state index contributed by atoms with van der Waals surface area (Å²) in [5, 5.41) is 3.92. The Kier molecular flexibility index (Phi) is 5.97. The number of aromatic nitrogens is 1. The molecular weight excluding hydrogens is 424 g/mol. The van der Waals surface area contributed by atoms with Crippen LogP contribution in [0.3, 0.4) is 0 Å². The number of halogens is 1. The zero-order chi connectivity index (χ0) is 22.0. The number of ether oxygens (including phenoxy) is 1. The number of nitrogens with zero attached hydrogens (tertiary/aromatic N) is 2. The van der Waals surface area contributed by atoms with Crippen molar-refractivity contribution >= 4 is 46.0 Å². The molecule has 4 rings (SSSR count). The van der Waals surface area contributed by atoms with Gasteiger partial charge in [0, 0.05) is 42.1 Å². The highest BCUT2D eigenvalue weighted by Gasteiger charge is 2.26. The summed E-state index contributed by atoms with van der Waals surface area (Å²) in [5.74, 6) is -0.725. The highest BCUT2D eigenvalue weighted by molar-refractivity contribution is 6.31.